The summed E-state index contributed by atoms with van der Waals surface area (Å²) in [6, 6.07) is 0. The van der Waals surface area contributed by atoms with Crippen LogP contribution in [0, 0.1) is 5.41 Å². The maximum Gasteiger partial charge on any atom is 0.103 e. The molecule has 0 aliphatic rings. The second-order valence-corrected chi connectivity index (χ2v) is 3.87. The lowest BCUT2D eigenvalue weighted by Crippen LogP contribution is -2.31. The number of nitrogens with two attached hydrogens (primary N) is 2. The van der Waals surface area contributed by atoms with Gasteiger partial charge in [0.2, 0.25) is 0 Å². The molecule has 0 radical (unpaired) electrons. The van der Waals surface area contributed by atoms with Crippen LogP contribution >= 0.6 is 0 Å². The topological polar surface area (TPSA) is 90.7 Å². The molecule has 0 rings (SSSR count). The van der Waals surface area contributed by atoms with Gasteiger partial charge in [-0.1, -0.05) is 13.8 Å². The minimum atomic E-state index is -0.668. The molecule has 13 heavy (non-hydrogen) atoms. The van der Waals surface area contributed by atoms with Gasteiger partial charge in [-0.2, -0.15) is 0 Å². The zero-order chi connectivity index (χ0) is 10.3. The highest BCUT2D eigenvalue weighted by molar-refractivity contribution is 4.68. The summed E-state index contributed by atoms with van der Waals surface area (Å²) < 4.78 is 5.24. The Labute approximate surface area is 78.9 Å². The van der Waals surface area contributed by atoms with Gasteiger partial charge in [0.25, 0.3) is 0 Å². The third-order valence-electron chi connectivity index (χ3n) is 1.64. The molecule has 0 aliphatic carbocycles. The van der Waals surface area contributed by atoms with E-state index in [1.165, 1.54) is 0 Å². The summed E-state index contributed by atoms with van der Waals surface area (Å²) in [6.45, 7) is 5.38. The molecule has 0 aromatic carbocycles. The summed E-state index contributed by atoms with van der Waals surface area (Å²) in [5.41, 5.74) is 5.44. The van der Waals surface area contributed by atoms with E-state index >= 15 is 0 Å². The molecule has 0 bridgehead atoms. The quantitative estimate of drug-likeness (QED) is 0.461. The van der Waals surface area contributed by atoms with Crippen LogP contribution in [-0.2, 0) is 9.57 Å². The molecule has 0 amide bonds. The molecule has 5 N–H and O–H groups in total. The Morgan fingerprint density at radius 2 is 2.00 bits per heavy atom. The number of ether oxygens (including phenoxy) is 1. The third-order valence-corrected chi connectivity index (χ3v) is 1.64. The average Bonchev–Trinajstić information content (AvgIpc) is 2.05. The second kappa shape index (κ2) is 6.28. The van der Waals surface area contributed by atoms with Crippen molar-refractivity contribution in [2.75, 3.05) is 26.4 Å². The van der Waals surface area contributed by atoms with Crippen LogP contribution in [0.5, 0.6) is 0 Å². The molecule has 1 unspecified atom stereocenters. The highest BCUT2D eigenvalue weighted by atomic mass is 16.6. The highest BCUT2D eigenvalue weighted by Crippen LogP contribution is 2.12. The van der Waals surface area contributed by atoms with Crippen LogP contribution in [0.25, 0.3) is 0 Å². The molecule has 5 heteroatoms. The van der Waals surface area contributed by atoms with Gasteiger partial charge in [-0.05, 0) is 6.54 Å². The van der Waals surface area contributed by atoms with E-state index in [0.717, 1.165) is 0 Å². The SMILES string of the molecule is CC(C)(CN)COCC(O)CON. The first-order valence-corrected chi connectivity index (χ1v) is 4.29. The molecule has 0 saturated carbocycles. The molecular weight excluding hydrogens is 172 g/mol. The van der Waals surface area contributed by atoms with Gasteiger partial charge in [-0.15, -0.1) is 0 Å². The molecule has 1 atom stereocenters. The Hall–Kier alpha value is -0.200. The number of aliphatic hydroxyl groups excluding tert-OH is 1. The summed E-state index contributed by atoms with van der Waals surface area (Å²) in [5, 5.41) is 9.16. The van der Waals surface area contributed by atoms with Crippen molar-refractivity contribution in [1.29, 1.82) is 0 Å². The molecule has 0 spiro atoms. The normalized spacial score (nSPS) is 14.5. The Bertz CT molecular complexity index is 131. The van der Waals surface area contributed by atoms with E-state index in [-0.39, 0.29) is 18.6 Å². The number of aliphatic hydroxyl groups is 1. The summed E-state index contributed by atoms with van der Waals surface area (Å²) in [7, 11) is 0. The molecule has 5 nitrogen and oxygen atoms in total. The van der Waals surface area contributed by atoms with Crippen LogP contribution in [0.3, 0.4) is 0 Å². The standard InChI is InChI=1S/C8H20N2O3/c1-8(2,5-9)6-12-3-7(11)4-13-10/h7,11H,3-6,9-10H2,1-2H3. The first-order chi connectivity index (χ1) is 6.02. The smallest absolute Gasteiger partial charge is 0.103 e. The summed E-state index contributed by atoms with van der Waals surface area (Å²) in [4.78, 5) is 4.26. The van der Waals surface area contributed by atoms with Crippen molar-refractivity contribution in [3.8, 4) is 0 Å². The summed E-state index contributed by atoms with van der Waals surface area (Å²) in [5.74, 6) is 4.78. The van der Waals surface area contributed by atoms with Crippen molar-refractivity contribution in [3.05, 3.63) is 0 Å². The van der Waals surface area contributed by atoms with Gasteiger partial charge in [0.1, 0.15) is 6.10 Å². The van der Waals surface area contributed by atoms with E-state index in [0.29, 0.717) is 13.2 Å². The zero-order valence-electron chi connectivity index (χ0n) is 8.32. The molecule has 0 heterocycles. The summed E-state index contributed by atoms with van der Waals surface area (Å²) in [6.07, 6.45) is -0.668. The number of hydrogen-bond acceptors (Lipinski definition) is 5. The Balaban J connectivity index is 3.44. The monoisotopic (exact) mass is 192 g/mol. The Morgan fingerprint density at radius 3 is 2.46 bits per heavy atom. The zero-order valence-corrected chi connectivity index (χ0v) is 8.32. The van der Waals surface area contributed by atoms with Crippen molar-refractivity contribution < 1.29 is 14.7 Å². The van der Waals surface area contributed by atoms with Crippen LogP contribution in [0.15, 0.2) is 0 Å². The molecule has 0 aromatic heterocycles. The van der Waals surface area contributed by atoms with E-state index in [4.69, 9.17) is 21.5 Å². The van der Waals surface area contributed by atoms with E-state index in [2.05, 4.69) is 4.84 Å². The fourth-order valence-electron chi connectivity index (χ4n) is 0.689. The van der Waals surface area contributed by atoms with Gasteiger partial charge < -0.3 is 20.4 Å². The first-order valence-electron chi connectivity index (χ1n) is 4.29. The van der Waals surface area contributed by atoms with Gasteiger partial charge in [0.15, 0.2) is 0 Å². The largest absolute Gasteiger partial charge is 0.388 e. The van der Waals surface area contributed by atoms with Crippen LogP contribution in [0.1, 0.15) is 13.8 Å². The lowest BCUT2D eigenvalue weighted by Gasteiger charge is -2.22. The average molecular weight is 192 g/mol. The van der Waals surface area contributed by atoms with Crippen molar-refractivity contribution in [2.24, 2.45) is 17.0 Å². The minimum Gasteiger partial charge on any atom is -0.388 e. The van der Waals surface area contributed by atoms with Crippen LogP contribution in [-0.4, -0.2) is 37.6 Å². The van der Waals surface area contributed by atoms with Gasteiger partial charge >= 0.3 is 0 Å². The number of rotatable bonds is 7. The summed E-state index contributed by atoms with van der Waals surface area (Å²) >= 11 is 0. The molecular formula is C8H20N2O3. The van der Waals surface area contributed by atoms with Gasteiger partial charge in [0.05, 0.1) is 19.8 Å². The predicted molar refractivity (Wildman–Crippen MR) is 49.8 cm³/mol. The van der Waals surface area contributed by atoms with Gasteiger partial charge in [-0.3, -0.25) is 0 Å². The third kappa shape index (κ3) is 6.92. The van der Waals surface area contributed by atoms with Crippen molar-refractivity contribution in [2.45, 2.75) is 20.0 Å². The fraction of sp³-hybridized carbons (Fsp3) is 1.00. The first kappa shape index (κ1) is 12.8. The van der Waals surface area contributed by atoms with Crippen molar-refractivity contribution in [3.63, 3.8) is 0 Å². The Kier molecular flexibility index (Phi) is 6.19. The maximum absolute atomic E-state index is 9.16. The van der Waals surface area contributed by atoms with Crippen LogP contribution in [0.2, 0.25) is 0 Å². The van der Waals surface area contributed by atoms with Crippen molar-refractivity contribution in [1.82, 2.24) is 0 Å². The molecule has 0 aliphatic heterocycles. The minimum absolute atomic E-state index is 0.0523. The lowest BCUT2D eigenvalue weighted by atomic mass is 9.95. The van der Waals surface area contributed by atoms with Gasteiger partial charge in [-0.25, -0.2) is 5.90 Å². The van der Waals surface area contributed by atoms with Gasteiger partial charge in [0, 0.05) is 5.41 Å². The van der Waals surface area contributed by atoms with Crippen LogP contribution < -0.4 is 11.6 Å². The van der Waals surface area contributed by atoms with E-state index in [1.54, 1.807) is 0 Å². The van der Waals surface area contributed by atoms with E-state index in [9.17, 15) is 0 Å². The molecule has 0 fully saturated rings. The molecule has 0 saturated heterocycles. The van der Waals surface area contributed by atoms with E-state index < -0.39 is 6.10 Å². The number of hydrogen-bond donors (Lipinski definition) is 3. The highest BCUT2D eigenvalue weighted by Gasteiger charge is 2.16. The molecule has 80 valence electrons. The maximum atomic E-state index is 9.16. The van der Waals surface area contributed by atoms with Crippen molar-refractivity contribution >= 4 is 0 Å². The fourth-order valence-corrected chi connectivity index (χ4v) is 0.689. The van der Waals surface area contributed by atoms with E-state index in [1.807, 2.05) is 13.8 Å². The Morgan fingerprint density at radius 1 is 1.38 bits per heavy atom. The predicted octanol–water partition coefficient (Wildman–Crippen LogP) is -0.761. The second-order valence-electron chi connectivity index (χ2n) is 3.87. The lowest BCUT2D eigenvalue weighted by molar-refractivity contribution is -0.0351. The molecule has 0 aromatic rings. The van der Waals surface area contributed by atoms with Crippen LogP contribution in [0.4, 0.5) is 0 Å².